The second-order valence-corrected chi connectivity index (χ2v) is 7.05. The van der Waals surface area contributed by atoms with E-state index >= 15 is 0 Å². The molecule has 8 heteroatoms. The van der Waals surface area contributed by atoms with Gasteiger partial charge in [0.15, 0.2) is 0 Å². The number of aromatic nitrogens is 2. The van der Waals surface area contributed by atoms with Crippen LogP contribution in [0.2, 0.25) is 0 Å². The van der Waals surface area contributed by atoms with E-state index in [4.69, 9.17) is 0 Å². The van der Waals surface area contributed by atoms with Crippen LogP contribution < -0.4 is 5.56 Å². The molecule has 2 aromatic carbocycles. The molecule has 7 nitrogen and oxygen atoms in total. The van der Waals surface area contributed by atoms with Crippen LogP contribution in [0.4, 0.5) is 0 Å². The Labute approximate surface area is 142 Å². The van der Waals surface area contributed by atoms with E-state index < -0.39 is 21.5 Å². The highest BCUT2D eigenvalue weighted by Gasteiger charge is 2.34. The third-order valence-electron chi connectivity index (χ3n) is 3.97. The van der Waals surface area contributed by atoms with E-state index in [1.165, 1.54) is 6.07 Å². The highest BCUT2D eigenvalue weighted by molar-refractivity contribution is 7.90. The van der Waals surface area contributed by atoms with Crippen LogP contribution in [0.25, 0.3) is 10.9 Å². The van der Waals surface area contributed by atoms with Crippen molar-refractivity contribution in [2.24, 2.45) is 4.40 Å². The summed E-state index contributed by atoms with van der Waals surface area (Å²) in [7, 11) is -3.85. The Balaban J connectivity index is 1.94. The fourth-order valence-electron chi connectivity index (χ4n) is 2.83. The standard InChI is InChI=1S/C17H10N4O3S/c18-9-12(15-11-6-2-4-8-14(11)25(23,24)21-15)16-19-13-7-3-1-5-10(13)17(22)20-16/h1-8,12H,(H,19,20,22)/t12-/m1/s1. The number of nitrogens with one attached hydrogen (secondary N) is 1. The fraction of sp³-hybridized carbons (Fsp3) is 0.0588. The number of hydrogen-bond donors (Lipinski definition) is 1. The van der Waals surface area contributed by atoms with E-state index in [-0.39, 0.29) is 16.4 Å². The van der Waals surface area contributed by atoms with Crippen LogP contribution >= 0.6 is 0 Å². The maximum absolute atomic E-state index is 12.2. The van der Waals surface area contributed by atoms with E-state index in [2.05, 4.69) is 14.4 Å². The van der Waals surface area contributed by atoms with Crippen LogP contribution in [0.1, 0.15) is 17.3 Å². The number of benzene rings is 2. The van der Waals surface area contributed by atoms with Crippen molar-refractivity contribution in [2.75, 3.05) is 0 Å². The molecular weight excluding hydrogens is 340 g/mol. The Hall–Kier alpha value is -3.31. The average molecular weight is 350 g/mol. The number of rotatable bonds is 2. The molecule has 1 atom stereocenters. The van der Waals surface area contributed by atoms with Crippen molar-refractivity contribution in [1.29, 1.82) is 5.26 Å². The first-order chi connectivity index (χ1) is 12.0. The molecule has 0 aliphatic carbocycles. The topological polar surface area (TPSA) is 116 Å². The number of nitriles is 1. The van der Waals surface area contributed by atoms with Crippen molar-refractivity contribution in [3.05, 3.63) is 70.3 Å². The van der Waals surface area contributed by atoms with Gasteiger partial charge in [-0.15, -0.1) is 0 Å². The Morgan fingerprint density at radius 2 is 1.80 bits per heavy atom. The maximum Gasteiger partial charge on any atom is 0.283 e. The second-order valence-electron chi connectivity index (χ2n) is 5.48. The van der Waals surface area contributed by atoms with Crippen molar-refractivity contribution in [1.82, 2.24) is 9.97 Å². The number of H-pyrrole nitrogens is 1. The van der Waals surface area contributed by atoms with E-state index in [0.29, 0.717) is 16.5 Å². The molecule has 0 amide bonds. The summed E-state index contributed by atoms with van der Waals surface area (Å²) in [6, 6.07) is 15.0. The van der Waals surface area contributed by atoms with Gasteiger partial charge in [-0.05, 0) is 18.2 Å². The monoisotopic (exact) mass is 350 g/mol. The number of hydrogen-bond acceptors (Lipinski definition) is 5. The number of fused-ring (bicyclic) bond motifs is 2. The maximum atomic E-state index is 12.2. The average Bonchev–Trinajstić information content (AvgIpc) is 2.88. The summed E-state index contributed by atoms with van der Waals surface area (Å²) >= 11 is 0. The molecule has 4 rings (SSSR count). The molecule has 0 radical (unpaired) electrons. The molecule has 2 heterocycles. The van der Waals surface area contributed by atoms with E-state index in [1.807, 2.05) is 6.07 Å². The Kier molecular flexibility index (Phi) is 3.26. The Morgan fingerprint density at radius 3 is 2.60 bits per heavy atom. The summed E-state index contributed by atoms with van der Waals surface area (Å²) in [6.07, 6.45) is 0. The zero-order chi connectivity index (χ0) is 17.6. The van der Waals surface area contributed by atoms with Gasteiger partial charge in [0.2, 0.25) is 0 Å². The molecule has 0 saturated carbocycles. The van der Waals surface area contributed by atoms with Gasteiger partial charge in [0.05, 0.1) is 27.6 Å². The normalized spacial score (nSPS) is 16.0. The summed E-state index contributed by atoms with van der Waals surface area (Å²) in [6.45, 7) is 0. The first kappa shape index (κ1) is 15.2. The predicted molar refractivity (Wildman–Crippen MR) is 90.9 cm³/mol. The van der Waals surface area contributed by atoms with Gasteiger partial charge >= 0.3 is 0 Å². The number of nitrogens with zero attached hydrogens (tertiary/aromatic N) is 3. The Bertz CT molecular complexity index is 1250. The fourth-order valence-corrected chi connectivity index (χ4v) is 4.09. The molecule has 1 aliphatic heterocycles. The number of sulfonamides is 1. The quantitative estimate of drug-likeness (QED) is 0.755. The lowest BCUT2D eigenvalue weighted by atomic mass is 9.97. The molecule has 0 bridgehead atoms. The molecule has 0 saturated heterocycles. The van der Waals surface area contributed by atoms with E-state index in [0.717, 1.165) is 0 Å². The summed E-state index contributed by atoms with van der Waals surface area (Å²) in [5.74, 6) is -1.03. The first-order valence-electron chi connectivity index (χ1n) is 7.34. The largest absolute Gasteiger partial charge is 0.309 e. The van der Waals surface area contributed by atoms with E-state index in [1.54, 1.807) is 42.5 Å². The van der Waals surface area contributed by atoms with Crippen molar-refractivity contribution in [2.45, 2.75) is 10.8 Å². The minimum absolute atomic E-state index is 0.0494. The molecule has 1 aromatic heterocycles. The zero-order valence-electron chi connectivity index (χ0n) is 12.7. The van der Waals surface area contributed by atoms with Gasteiger partial charge in [-0.25, -0.2) is 4.98 Å². The highest BCUT2D eigenvalue weighted by Crippen LogP contribution is 2.31. The second kappa shape index (κ2) is 5.36. The molecule has 122 valence electrons. The summed E-state index contributed by atoms with van der Waals surface area (Å²) < 4.78 is 28.2. The van der Waals surface area contributed by atoms with Crippen LogP contribution in [0.5, 0.6) is 0 Å². The van der Waals surface area contributed by atoms with Crippen LogP contribution in [0, 0.1) is 11.3 Å². The van der Waals surface area contributed by atoms with E-state index in [9.17, 15) is 18.5 Å². The molecule has 3 aromatic rings. The van der Waals surface area contributed by atoms with Crippen LogP contribution in [-0.4, -0.2) is 24.1 Å². The lowest BCUT2D eigenvalue weighted by Gasteiger charge is -2.09. The van der Waals surface area contributed by atoms with Crippen LogP contribution in [0.15, 0.2) is 62.6 Å². The summed E-state index contributed by atoms with van der Waals surface area (Å²) in [5.41, 5.74) is 0.452. The SMILES string of the molecule is N#C[C@H](C1=NS(=O)(=O)c2ccccc21)c1nc2ccccc2c(=O)[nH]1. The lowest BCUT2D eigenvalue weighted by Crippen LogP contribution is -2.19. The van der Waals surface area contributed by atoms with Gasteiger partial charge in [0.1, 0.15) is 11.7 Å². The van der Waals surface area contributed by atoms with Gasteiger partial charge < -0.3 is 4.98 Å². The minimum atomic E-state index is -3.85. The van der Waals surface area contributed by atoms with Crippen molar-refractivity contribution < 1.29 is 8.42 Å². The highest BCUT2D eigenvalue weighted by atomic mass is 32.2. The van der Waals surface area contributed by atoms with Gasteiger partial charge in [-0.3, -0.25) is 4.79 Å². The van der Waals surface area contributed by atoms with Crippen LogP contribution in [-0.2, 0) is 10.0 Å². The minimum Gasteiger partial charge on any atom is -0.309 e. The molecule has 1 aliphatic rings. The molecule has 1 N–H and O–H groups in total. The summed E-state index contributed by atoms with van der Waals surface area (Å²) in [4.78, 5) is 19.2. The molecule has 0 unspecified atom stereocenters. The number of aromatic amines is 1. The third kappa shape index (κ3) is 2.33. The zero-order valence-corrected chi connectivity index (χ0v) is 13.5. The van der Waals surface area contributed by atoms with Gasteiger partial charge in [0, 0.05) is 5.56 Å². The molecule has 25 heavy (non-hydrogen) atoms. The lowest BCUT2D eigenvalue weighted by molar-refractivity contribution is 0.599. The van der Waals surface area contributed by atoms with Gasteiger partial charge in [0.25, 0.3) is 15.6 Å². The number of para-hydroxylation sites is 1. The molecule has 0 spiro atoms. The van der Waals surface area contributed by atoms with Crippen LogP contribution in [0.3, 0.4) is 0 Å². The first-order valence-corrected chi connectivity index (χ1v) is 8.78. The van der Waals surface area contributed by atoms with Crippen molar-refractivity contribution in [3.8, 4) is 6.07 Å². The molecule has 0 fully saturated rings. The predicted octanol–water partition coefficient (Wildman–Crippen LogP) is 1.72. The third-order valence-corrected chi connectivity index (χ3v) is 5.32. The summed E-state index contributed by atoms with van der Waals surface area (Å²) in [5, 5.41) is 10.0. The van der Waals surface area contributed by atoms with Crippen molar-refractivity contribution in [3.63, 3.8) is 0 Å². The van der Waals surface area contributed by atoms with Gasteiger partial charge in [-0.2, -0.15) is 18.1 Å². The Morgan fingerprint density at radius 1 is 1.08 bits per heavy atom. The van der Waals surface area contributed by atoms with Crippen molar-refractivity contribution >= 4 is 26.6 Å². The molecular formula is C17H10N4O3S. The smallest absolute Gasteiger partial charge is 0.283 e. The van der Waals surface area contributed by atoms with Gasteiger partial charge in [-0.1, -0.05) is 30.3 Å².